The second-order valence-electron chi connectivity index (χ2n) is 10.6. The van der Waals surface area contributed by atoms with Gasteiger partial charge in [0.1, 0.15) is 11.6 Å². The molecule has 39 heavy (non-hydrogen) atoms. The number of nitrogens with zero attached hydrogens (tertiary/aromatic N) is 6. The Bertz CT molecular complexity index is 1500. The van der Waals surface area contributed by atoms with Gasteiger partial charge in [0.05, 0.1) is 17.3 Å². The summed E-state index contributed by atoms with van der Waals surface area (Å²) in [6.45, 7) is 3.02. The molecule has 9 nitrogen and oxygen atoms in total. The van der Waals surface area contributed by atoms with Gasteiger partial charge in [-0.05, 0) is 49.6 Å². The zero-order valence-electron chi connectivity index (χ0n) is 22.0. The van der Waals surface area contributed by atoms with Crippen LogP contribution in [-0.4, -0.2) is 63.5 Å². The fourth-order valence-corrected chi connectivity index (χ4v) is 6.00. The summed E-state index contributed by atoms with van der Waals surface area (Å²) >= 11 is 0. The van der Waals surface area contributed by atoms with Gasteiger partial charge in [-0.25, -0.2) is 14.6 Å². The summed E-state index contributed by atoms with van der Waals surface area (Å²) in [5, 5.41) is 5.70. The minimum atomic E-state index is 0.0165. The maximum absolute atomic E-state index is 13.4. The van der Waals surface area contributed by atoms with Crippen LogP contribution >= 0.6 is 0 Å². The molecule has 1 aliphatic carbocycles. The first-order chi connectivity index (χ1) is 19.2. The van der Waals surface area contributed by atoms with Crippen molar-refractivity contribution in [1.29, 1.82) is 0 Å². The average molecular weight is 525 g/mol. The molecule has 0 atom stereocenters. The summed E-state index contributed by atoms with van der Waals surface area (Å²) in [5.74, 6) is 3.56. The third-order valence-electron chi connectivity index (χ3n) is 8.10. The number of carbonyl (C=O) groups excluding carboxylic acids is 1. The normalized spacial score (nSPS) is 17.9. The molecule has 1 saturated carbocycles. The lowest BCUT2D eigenvalue weighted by Gasteiger charge is -2.26. The number of rotatable bonds is 4. The Morgan fingerprint density at radius 3 is 2.56 bits per heavy atom. The van der Waals surface area contributed by atoms with E-state index in [2.05, 4.69) is 17.0 Å². The van der Waals surface area contributed by atoms with E-state index in [1.54, 1.807) is 6.07 Å². The van der Waals surface area contributed by atoms with Crippen LogP contribution in [0.3, 0.4) is 0 Å². The lowest BCUT2D eigenvalue weighted by Crippen LogP contribution is -2.35. The Morgan fingerprint density at radius 1 is 0.846 bits per heavy atom. The second-order valence-corrected chi connectivity index (χ2v) is 10.6. The number of para-hydroxylation sites is 1. The molecule has 200 valence electrons. The molecule has 0 bridgehead atoms. The zero-order chi connectivity index (χ0) is 26.2. The summed E-state index contributed by atoms with van der Waals surface area (Å²) in [7, 11) is 0. The zero-order valence-corrected chi connectivity index (χ0v) is 22.0. The van der Waals surface area contributed by atoms with Gasteiger partial charge < -0.3 is 19.3 Å². The first kappa shape index (κ1) is 23.9. The summed E-state index contributed by atoms with van der Waals surface area (Å²) in [6, 6.07) is 15.6. The highest BCUT2D eigenvalue weighted by atomic mass is 16.7. The minimum absolute atomic E-state index is 0.0165. The van der Waals surface area contributed by atoms with Gasteiger partial charge in [0.2, 0.25) is 6.79 Å². The van der Waals surface area contributed by atoms with Crippen LogP contribution in [0.2, 0.25) is 0 Å². The Labute approximate surface area is 227 Å². The predicted octanol–water partition coefficient (Wildman–Crippen LogP) is 4.94. The molecule has 2 fully saturated rings. The number of fused-ring (bicyclic) bond motifs is 2. The van der Waals surface area contributed by atoms with Crippen molar-refractivity contribution < 1.29 is 14.3 Å². The molecule has 2 aliphatic heterocycles. The molecule has 0 radical (unpaired) electrons. The fourth-order valence-electron chi connectivity index (χ4n) is 6.00. The Morgan fingerprint density at radius 2 is 1.69 bits per heavy atom. The van der Waals surface area contributed by atoms with Crippen molar-refractivity contribution in [2.24, 2.45) is 0 Å². The van der Waals surface area contributed by atoms with Crippen LogP contribution in [-0.2, 0) is 0 Å². The molecule has 4 heterocycles. The molecule has 1 saturated heterocycles. The summed E-state index contributed by atoms with van der Waals surface area (Å²) in [5.41, 5.74) is 2.47. The number of hydrogen-bond donors (Lipinski definition) is 0. The number of carbonyl (C=O) groups is 1. The van der Waals surface area contributed by atoms with Crippen LogP contribution in [0.15, 0.2) is 54.7 Å². The smallest absolute Gasteiger partial charge is 0.254 e. The predicted molar refractivity (Wildman–Crippen MR) is 148 cm³/mol. The Balaban J connectivity index is 1.20. The SMILES string of the molecule is O=C(c1ccc2c(c1)OCO2)N1CCCN(c2nc(C3CCCCC3)nc3c2cnn3-c2ccccc2)CC1. The third kappa shape index (κ3) is 4.56. The molecular formula is C30H32N6O3. The van der Waals surface area contributed by atoms with Crippen LogP contribution in [0.4, 0.5) is 5.82 Å². The van der Waals surface area contributed by atoms with Crippen molar-refractivity contribution in [3.8, 4) is 17.2 Å². The monoisotopic (exact) mass is 524 g/mol. The van der Waals surface area contributed by atoms with Gasteiger partial charge in [-0.15, -0.1) is 0 Å². The number of benzene rings is 2. The van der Waals surface area contributed by atoms with Gasteiger partial charge in [0, 0.05) is 37.7 Å². The lowest BCUT2D eigenvalue weighted by atomic mass is 9.88. The highest BCUT2D eigenvalue weighted by molar-refractivity contribution is 5.95. The van der Waals surface area contributed by atoms with E-state index in [0.29, 0.717) is 42.6 Å². The number of amides is 1. The van der Waals surface area contributed by atoms with Gasteiger partial charge in [-0.2, -0.15) is 5.10 Å². The minimum Gasteiger partial charge on any atom is -0.454 e. The van der Waals surface area contributed by atoms with Gasteiger partial charge in [-0.3, -0.25) is 4.79 Å². The van der Waals surface area contributed by atoms with E-state index in [-0.39, 0.29) is 12.7 Å². The highest BCUT2D eigenvalue weighted by Gasteiger charge is 2.27. The highest BCUT2D eigenvalue weighted by Crippen LogP contribution is 2.35. The van der Waals surface area contributed by atoms with Crippen molar-refractivity contribution in [3.63, 3.8) is 0 Å². The van der Waals surface area contributed by atoms with Gasteiger partial charge in [0.15, 0.2) is 17.1 Å². The van der Waals surface area contributed by atoms with E-state index in [9.17, 15) is 4.79 Å². The first-order valence-electron chi connectivity index (χ1n) is 14.0. The van der Waals surface area contributed by atoms with Crippen LogP contribution in [0.5, 0.6) is 11.5 Å². The molecular weight excluding hydrogens is 492 g/mol. The van der Waals surface area contributed by atoms with Crippen molar-refractivity contribution in [2.45, 2.75) is 44.4 Å². The van der Waals surface area contributed by atoms with Gasteiger partial charge in [-0.1, -0.05) is 37.5 Å². The van der Waals surface area contributed by atoms with Crippen LogP contribution < -0.4 is 14.4 Å². The number of hydrogen-bond acceptors (Lipinski definition) is 7. The first-order valence-corrected chi connectivity index (χ1v) is 14.0. The summed E-state index contributed by atoms with van der Waals surface area (Å²) in [4.78, 5) is 27.9. The van der Waals surface area contributed by atoms with Crippen LogP contribution in [0.1, 0.15) is 60.6 Å². The maximum Gasteiger partial charge on any atom is 0.254 e. The quantitative estimate of drug-likeness (QED) is 0.374. The number of aromatic nitrogens is 4. The lowest BCUT2D eigenvalue weighted by molar-refractivity contribution is 0.0766. The second kappa shape index (κ2) is 10.2. The number of ether oxygens (including phenoxy) is 2. The molecule has 7 rings (SSSR count). The molecule has 1 amide bonds. The van der Waals surface area contributed by atoms with Crippen LogP contribution in [0, 0.1) is 0 Å². The number of anilines is 1. The van der Waals surface area contributed by atoms with Crippen molar-refractivity contribution >= 4 is 22.8 Å². The van der Waals surface area contributed by atoms with E-state index in [1.165, 1.54) is 19.3 Å². The molecule has 0 unspecified atom stereocenters. The third-order valence-corrected chi connectivity index (χ3v) is 8.10. The van der Waals surface area contributed by atoms with Crippen molar-refractivity contribution in [1.82, 2.24) is 24.6 Å². The molecule has 3 aliphatic rings. The van der Waals surface area contributed by atoms with E-state index >= 15 is 0 Å². The largest absolute Gasteiger partial charge is 0.454 e. The topological polar surface area (TPSA) is 85.6 Å². The molecule has 2 aromatic carbocycles. The van der Waals surface area contributed by atoms with Crippen molar-refractivity contribution in [2.75, 3.05) is 37.9 Å². The Kier molecular flexibility index (Phi) is 6.26. The van der Waals surface area contributed by atoms with Crippen LogP contribution in [0.25, 0.3) is 16.7 Å². The van der Waals surface area contributed by atoms with E-state index in [1.807, 2.05) is 46.1 Å². The maximum atomic E-state index is 13.4. The molecule has 4 aromatic rings. The fraction of sp³-hybridized carbons (Fsp3) is 0.400. The van der Waals surface area contributed by atoms with E-state index < -0.39 is 0 Å². The van der Waals surface area contributed by atoms with Gasteiger partial charge >= 0.3 is 0 Å². The summed E-state index contributed by atoms with van der Waals surface area (Å²) < 4.78 is 12.8. The molecule has 9 heteroatoms. The molecule has 0 spiro atoms. The standard InChI is InChI=1S/C30H32N6O3/c37-30(22-12-13-25-26(18-22)39-20-38-25)35-15-7-14-34(16-17-35)28-24-19-31-36(23-10-5-2-6-11-23)29(24)33-27(32-28)21-8-3-1-4-9-21/h2,5-6,10-13,18-19,21H,1,3-4,7-9,14-17,20H2. The average Bonchev–Trinajstić information content (AvgIpc) is 3.57. The summed E-state index contributed by atoms with van der Waals surface area (Å²) in [6.07, 6.45) is 8.73. The van der Waals surface area contributed by atoms with E-state index in [0.717, 1.165) is 54.2 Å². The van der Waals surface area contributed by atoms with Gasteiger partial charge in [0.25, 0.3) is 5.91 Å². The van der Waals surface area contributed by atoms with Crippen molar-refractivity contribution in [3.05, 3.63) is 66.1 Å². The Hall–Kier alpha value is -4.14. The molecule has 0 N–H and O–H groups in total. The molecule has 2 aromatic heterocycles. The van der Waals surface area contributed by atoms with E-state index in [4.69, 9.17) is 24.5 Å².